The van der Waals surface area contributed by atoms with Crippen molar-refractivity contribution in [2.45, 2.75) is 39.2 Å². The standard InChI is InChI=1S/C8H17N/c1-3-6-9-7(2)8-4-5-8/h7-9H,3-6H2,1-2H3. The van der Waals surface area contributed by atoms with E-state index in [1.54, 1.807) is 0 Å². The van der Waals surface area contributed by atoms with Crippen LogP contribution in [0.3, 0.4) is 0 Å². The Bertz CT molecular complexity index is 76.6. The Hall–Kier alpha value is -0.0400. The summed E-state index contributed by atoms with van der Waals surface area (Å²) >= 11 is 0. The molecule has 1 atom stereocenters. The summed E-state index contributed by atoms with van der Waals surface area (Å²) in [7, 11) is 0. The molecule has 0 saturated heterocycles. The van der Waals surface area contributed by atoms with Crippen LogP contribution in [0.2, 0.25) is 0 Å². The van der Waals surface area contributed by atoms with Gasteiger partial charge in [0.2, 0.25) is 0 Å². The van der Waals surface area contributed by atoms with Gasteiger partial charge in [-0.05, 0) is 38.6 Å². The van der Waals surface area contributed by atoms with Gasteiger partial charge in [0.1, 0.15) is 0 Å². The number of hydrogen-bond donors (Lipinski definition) is 1. The highest BCUT2D eigenvalue weighted by Crippen LogP contribution is 2.32. The van der Waals surface area contributed by atoms with E-state index >= 15 is 0 Å². The molecular weight excluding hydrogens is 110 g/mol. The van der Waals surface area contributed by atoms with Crippen LogP contribution in [0.4, 0.5) is 0 Å². The summed E-state index contributed by atoms with van der Waals surface area (Å²) in [6.07, 6.45) is 4.17. The minimum Gasteiger partial charge on any atom is -0.314 e. The van der Waals surface area contributed by atoms with Crippen molar-refractivity contribution in [2.24, 2.45) is 5.92 Å². The van der Waals surface area contributed by atoms with Crippen molar-refractivity contribution in [1.82, 2.24) is 5.32 Å². The van der Waals surface area contributed by atoms with Gasteiger partial charge in [0.25, 0.3) is 0 Å². The van der Waals surface area contributed by atoms with E-state index in [1.807, 2.05) is 0 Å². The Balaban J connectivity index is 1.96. The van der Waals surface area contributed by atoms with Crippen molar-refractivity contribution < 1.29 is 0 Å². The van der Waals surface area contributed by atoms with E-state index in [0.29, 0.717) is 0 Å². The van der Waals surface area contributed by atoms with Crippen molar-refractivity contribution in [3.8, 4) is 0 Å². The molecule has 0 aromatic carbocycles. The zero-order valence-corrected chi connectivity index (χ0v) is 6.48. The summed E-state index contributed by atoms with van der Waals surface area (Å²) < 4.78 is 0. The molecule has 1 heteroatoms. The Labute approximate surface area is 57.8 Å². The summed E-state index contributed by atoms with van der Waals surface area (Å²) in [6, 6.07) is 0.782. The largest absolute Gasteiger partial charge is 0.314 e. The third-order valence-electron chi connectivity index (χ3n) is 2.05. The van der Waals surface area contributed by atoms with E-state index in [0.717, 1.165) is 12.0 Å². The minimum absolute atomic E-state index is 0.782. The molecule has 1 N–H and O–H groups in total. The summed E-state index contributed by atoms with van der Waals surface area (Å²) in [4.78, 5) is 0. The van der Waals surface area contributed by atoms with Gasteiger partial charge in [0.05, 0.1) is 0 Å². The van der Waals surface area contributed by atoms with Gasteiger partial charge in [0, 0.05) is 6.04 Å². The zero-order chi connectivity index (χ0) is 6.69. The fraction of sp³-hybridized carbons (Fsp3) is 1.00. The van der Waals surface area contributed by atoms with Gasteiger partial charge >= 0.3 is 0 Å². The minimum atomic E-state index is 0.782. The van der Waals surface area contributed by atoms with Crippen LogP contribution in [0.25, 0.3) is 0 Å². The molecule has 0 radical (unpaired) electrons. The van der Waals surface area contributed by atoms with Crippen molar-refractivity contribution in [3.63, 3.8) is 0 Å². The lowest BCUT2D eigenvalue weighted by atomic mass is 10.2. The second kappa shape index (κ2) is 3.21. The van der Waals surface area contributed by atoms with Gasteiger partial charge < -0.3 is 5.32 Å². The van der Waals surface area contributed by atoms with Crippen LogP contribution in [-0.4, -0.2) is 12.6 Å². The zero-order valence-electron chi connectivity index (χ0n) is 6.48. The van der Waals surface area contributed by atoms with Gasteiger partial charge in [-0.15, -0.1) is 0 Å². The fourth-order valence-electron chi connectivity index (χ4n) is 1.13. The Kier molecular flexibility index (Phi) is 2.52. The first kappa shape index (κ1) is 7.07. The summed E-state index contributed by atoms with van der Waals surface area (Å²) in [6.45, 7) is 5.71. The van der Waals surface area contributed by atoms with Crippen molar-refractivity contribution >= 4 is 0 Å². The highest BCUT2D eigenvalue weighted by Gasteiger charge is 2.26. The molecule has 1 rings (SSSR count). The maximum atomic E-state index is 3.49. The molecule has 54 valence electrons. The van der Waals surface area contributed by atoms with Gasteiger partial charge in [0.15, 0.2) is 0 Å². The van der Waals surface area contributed by atoms with Crippen LogP contribution in [0.5, 0.6) is 0 Å². The molecule has 9 heavy (non-hydrogen) atoms. The number of rotatable bonds is 4. The van der Waals surface area contributed by atoms with E-state index < -0.39 is 0 Å². The van der Waals surface area contributed by atoms with Gasteiger partial charge in [-0.3, -0.25) is 0 Å². The summed E-state index contributed by atoms with van der Waals surface area (Å²) in [5, 5.41) is 3.49. The average Bonchev–Trinajstić information content (AvgIpc) is 2.63. The van der Waals surface area contributed by atoms with E-state index in [-0.39, 0.29) is 0 Å². The molecule has 1 aliphatic carbocycles. The van der Waals surface area contributed by atoms with Gasteiger partial charge in [-0.1, -0.05) is 6.92 Å². The van der Waals surface area contributed by atoms with Crippen molar-refractivity contribution in [3.05, 3.63) is 0 Å². The first-order chi connectivity index (χ1) is 4.34. The third-order valence-corrected chi connectivity index (χ3v) is 2.05. The molecule has 1 unspecified atom stereocenters. The lowest BCUT2D eigenvalue weighted by Crippen LogP contribution is -2.28. The lowest BCUT2D eigenvalue weighted by Gasteiger charge is -2.10. The van der Waals surface area contributed by atoms with Crippen molar-refractivity contribution in [1.29, 1.82) is 0 Å². The molecule has 0 aromatic heterocycles. The third kappa shape index (κ3) is 2.35. The van der Waals surface area contributed by atoms with E-state index in [9.17, 15) is 0 Å². The quantitative estimate of drug-likeness (QED) is 0.607. The van der Waals surface area contributed by atoms with Crippen LogP contribution >= 0.6 is 0 Å². The summed E-state index contributed by atoms with van der Waals surface area (Å²) in [5.41, 5.74) is 0. The maximum Gasteiger partial charge on any atom is 0.00669 e. The predicted octanol–water partition coefficient (Wildman–Crippen LogP) is 1.78. The molecule has 0 amide bonds. The highest BCUT2D eigenvalue weighted by molar-refractivity contribution is 4.82. The fourth-order valence-corrected chi connectivity index (χ4v) is 1.13. The molecule has 1 fully saturated rings. The highest BCUT2D eigenvalue weighted by atomic mass is 14.9. The number of hydrogen-bond acceptors (Lipinski definition) is 1. The topological polar surface area (TPSA) is 12.0 Å². The Morgan fingerprint density at radius 3 is 2.67 bits per heavy atom. The first-order valence-corrected chi connectivity index (χ1v) is 4.08. The van der Waals surface area contributed by atoms with Crippen LogP contribution in [0, 0.1) is 5.92 Å². The molecule has 1 nitrogen and oxygen atoms in total. The molecule has 0 heterocycles. The second-order valence-electron chi connectivity index (χ2n) is 3.08. The first-order valence-electron chi connectivity index (χ1n) is 4.08. The smallest absolute Gasteiger partial charge is 0.00669 e. The second-order valence-corrected chi connectivity index (χ2v) is 3.08. The molecule has 0 spiro atoms. The normalized spacial score (nSPS) is 22.0. The monoisotopic (exact) mass is 127 g/mol. The lowest BCUT2D eigenvalue weighted by molar-refractivity contribution is 0.496. The van der Waals surface area contributed by atoms with Crippen molar-refractivity contribution in [2.75, 3.05) is 6.54 Å². The average molecular weight is 127 g/mol. The summed E-state index contributed by atoms with van der Waals surface area (Å²) in [5.74, 6) is 1.01. The van der Waals surface area contributed by atoms with Crippen LogP contribution < -0.4 is 5.32 Å². The molecule has 1 aliphatic rings. The molecule has 1 saturated carbocycles. The molecular formula is C8H17N. The Morgan fingerprint density at radius 2 is 2.22 bits per heavy atom. The maximum absolute atomic E-state index is 3.49. The van der Waals surface area contributed by atoms with Crippen LogP contribution in [0.15, 0.2) is 0 Å². The van der Waals surface area contributed by atoms with E-state index in [4.69, 9.17) is 0 Å². The molecule has 0 aromatic rings. The number of nitrogens with one attached hydrogen (secondary N) is 1. The van der Waals surface area contributed by atoms with Gasteiger partial charge in [-0.2, -0.15) is 0 Å². The Morgan fingerprint density at radius 1 is 1.56 bits per heavy atom. The predicted molar refractivity (Wildman–Crippen MR) is 40.5 cm³/mol. The van der Waals surface area contributed by atoms with Gasteiger partial charge in [-0.25, -0.2) is 0 Å². The van der Waals surface area contributed by atoms with E-state index in [2.05, 4.69) is 19.2 Å². The SMILES string of the molecule is CCCNC(C)C1CC1. The van der Waals surface area contributed by atoms with Crippen LogP contribution in [0.1, 0.15) is 33.1 Å². The molecule has 0 aliphatic heterocycles. The van der Waals surface area contributed by atoms with E-state index in [1.165, 1.54) is 25.8 Å². The van der Waals surface area contributed by atoms with Crippen LogP contribution in [-0.2, 0) is 0 Å². The molecule has 0 bridgehead atoms.